The summed E-state index contributed by atoms with van der Waals surface area (Å²) in [5.41, 5.74) is 7.34. The molecule has 0 aliphatic rings. The summed E-state index contributed by atoms with van der Waals surface area (Å²) in [6.45, 7) is 1.63. The van der Waals surface area contributed by atoms with Crippen molar-refractivity contribution < 1.29 is 8.78 Å². The number of hydrogen-bond acceptors (Lipinski definition) is 2. The molecule has 0 unspecified atom stereocenters. The van der Waals surface area contributed by atoms with Crippen molar-refractivity contribution in [1.29, 1.82) is 0 Å². The average Bonchev–Trinajstić information content (AvgIpc) is 2.32. The Morgan fingerprint density at radius 2 is 1.83 bits per heavy atom. The van der Waals surface area contributed by atoms with E-state index in [1.807, 2.05) is 0 Å². The molecule has 0 aliphatic heterocycles. The fourth-order valence-electron chi connectivity index (χ4n) is 1.56. The van der Waals surface area contributed by atoms with Crippen LogP contribution in [0.5, 0.6) is 0 Å². The number of nitrogens with two attached hydrogens (primary N) is 1. The Labute approximate surface area is 108 Å². The second-order valence-electron chi connectivity index (χ2n) is 3.89. The van der Waals surface area contributed by atoms with Crippen molar-refractivity contribution in [2.75, 3.05) is 11.1 Å². The number of hydrogen-bond donors (Lipinski definition) is 2. The maximum atomic E-state index is 13.4. The van der Waals surface area contributed by atoms with Crippen LogP contribution in [0.2, 0.25) is 5.02 Å². The molecule has 0 radical (unpaired) electrons. The summed E-state index contributed by atoms with van der Waals surface area (Å²) in [6.07, 6.45) is 0. The van der Waals surface area contributed by atoms with Crippen LogP contribution in [-0.4, -0.2) is 0 Å². The maximum Gasteiger partial charge on any atom is 0.144 e. The number of nitrogens with one attached hydrogen (secondary N) is 1. The maximum absolute atomic E-state index is 13.4. The Morgan fingerprint density at radius 3 is 2.56 bits per heavy atom. The molecule has 5 heteroatoms. The number of rotatable bonds is 2. The van der Waals surface area contributed by atoms with Gasteiger partial charge < -0.3 is 11.1 Å². The average molecular weight is 269 g/mol. The van der Waals surface area contributed by atoms with Crippen LogP contribution in [0.3, 0.4) is 0 Å². The van der Waals surface area contributed by atoms with E-state index in [2.05, 4.69) is 5.32 Å². The first-order valence-corrected chi connectivity index (χ1v) is 5.63. The lowest BCUT2D eigenvalue weighted by atomic mass is 10.1. The number of benzene rings is 2. The third kappa shape index (κ3) is 2.38. The normalized spacial score (nSPS) is 10.4. The lowest BCUT2D eigenvalue weighted by molar-refractivity contribution is 0.619. The Kier molecular flexibility index (Phi) is 3.39. The van der Waals surface area contributed by atoms with Gasteiger partial charge in [0, 0.05) is 17.3 Å². The summed E-state index contributed by atoms with van der Waals surface area (Å²) in [5.74, 6) is -0.921. The molecule has 2 rings (SSSR count). The molecule has 2 aromatic rings. The molecule has 2 aromatic carbocycles. The van der Waals surface area contributed by atoms with E-state index in [9.17, 15) is 8.78 Å². The van der Waals surface area contributed by atoms with E-state index in [0.717, 1.165) is 0 Å². The van der Waals surface area contributed by atoms with Gasteiger partial charge in [-0.1, -0.05) is 17.7 Å². The highest BCUT2D eigenvalue weighted by Crippen LogP contribution is 2.30. The van der Waals surface area contributed by atoms with Crippen molar-refractivity contribution in [3.8, 4) is 0 Å². The number of nitrogen functional groups attached to an aromatic ring is 1. The summed E-state index contributed by atoms with van der Waals surface area (Å²) < 4.78 is 26.7. The minimum Gasteiger partial charge on any atom is -0.397 e. The molecule has 0 bridgehead atoms. The molecule has 0 aliphatic carbocycles. The first-order valence-electron chi connectivity index (χ1n) is 5.25. The predicted octanol–water partition coefficient (Wildman–Crippen LogP) is 4.25. The van der Waals surface area contributed by atoms with Crippen LogP contribution in [0.25, 0.3) is 0 Å². The molecule has 0 atom stereocenters. The van der Waals surface area contributed by atoms with Gasteiger partial charge in [0.15, 0.2) is 0 Å². The zero-order chi connectivity index (χ0) is 13.3. The van der Waals surface area contributed by atoms with E-state index in [4.69, 9.17) is 17.3 Å². The fourth-order valence-corrected chi connectivity index (χ4v) is 1.73. The van der Waals surface area contributed by atoms with Gasteiger partial charge in [0.25, 0.3) is 0 Å². The van der Waals surface area contributed by atoms with Gasteiger partial charge in [0.2, 0.25) is 0 Å². The molecule has 0 heterocycles. The molecule has 0 aromatic heterocycles. The van der Waals surface area contributed by atoms with E-state index < -0.39 is 5.82 Å². The number of anilines is 3. The summed E-state index contributed by atoms with van der Waals surface area (Å²) in [7, 11) is 0. The van der Waals surface area contributed by atoms with E-state index in [1.54, 1.807) is 19.1 Å². The Bertz CT molecular complexity index is 600. The van der Waals surface area contributed by atoms with Gasteiger partial charge in [-0.2, -0.15) is 0 Å². The SMILES string of the molecule is Cc1c(F)cccc1Nc1cc(F)c(Cl)cc1N. The highest BCUT2D eigenvalue weighted by atomic mass is 35.5. The fraction of sp³-hybridized carbons (Fsp3) is 0.0769. The van der Waals surface area contributed by atoms with Crippen LogP contribution in [0.15, 0.2) is 30.3 Å². The quantitative estimate of drug-likeness (QED) is 0.799. The van der Waals surface area contributed by atoms with Crippen LogP contribution in [0.4, 0.5) is 25.8 Å². The minimum absolute atomic E-state index is 0.0472. The molecule has 3 N–H and O–H groups in total. The second-order valence-corrected chi connectivity index (χ2v) is 4.30. The van der Waals surface area contributed by atoms with Crippen LogP contribution >= 0.6 is 11.6 Å². The van der Waals surface area contributed by atoms with E-state index in [1.165, 1.54) is 18.2 Å². The smallest absolute Gasteiger partial charge is 0.144 e. The zero-order valence-electron chi connectivity index (χ0n) is 9.60. The standard InChI is InChI=1S/C13H11ClF2N2/c1-7-9(15)3-2-4-12(7)18-13-6-10(16)8(14)5-11(13)17/h2-6,18H,17H2,1H3. The monoisotopic (exact) mass is 268 g/mol. The first-order chi connectivity index (χ1) is 8.49. The van der Waals surface area contributed by atoms with Crippen molar-refractivity contribution in [2.24, 2.45) is 0 Å². The summed E-state index contributed by atoms with van der Waals surface area (Å²) >= 11 is 5.60. The lowest BCUT2D eigenvalue weighted by Gasteiger charge is -2.12. The van der Waals surface area contributed by atoms with E-state index in [-0.39, 0.29) is 10.8 Å². The van der Waals surface area contributed by atoms with Gasteiger partial charge in [0.1, 0.15) is 11.6 Å². The van der Waals surface area contributed by atoms with Crippen LogP contribution < -0.4 is 11.1 Å². The molecular weight excluding hydrogens is 258 g/mol. The van der Waals surface area contributed by atoms with E-state index in [0.29, 0.717) is 22.6 Å². The Morgan fingerprint density at radius 1 is 1.11 bits per heavy atom. The highest BCUT2D eigenvalue weighted by molar-refractivity contribution is 6.31. The van der Waals surface area contributed by atoms with Crippen molar-refractivity contribution in [1.82, 2.24) is 0 Å². The van der Waals surface area contributed by atoms with Gasteiger partial charge in [0.05, 0.1) is 16.4 Å². The molecular formula is C13H11ClF2N2. The highest BCUT2D eigenvalue weighted by Gasteiger charge is 2.09. The van der Waals surface area contributed by atoms with Crippen molar-refractivity contribution >= 4 is 28.7 Å². The topological polar surface area (TPSA) is 38.0 Å². The van der Waals surface area contributed by atoms with Gasteiger partial charge in [-0.15, -0.1) is 0 Å². The van der Waals surface area contributed by atoms with Crippen molar-refractivity contribution in [3.05, 3.63) is 52.6 Å². The summed E-state index contributed by atoms with van der Waals surface area (Å²) in [5, 5.41) is 2.84. The van der Waals surface area contributed by atoms with Gasteiger partial charge in [-0.3, -0.25) is 0 Å². The third-order valence-corrected chi connectivity index (χ3v) is 2.92. The van der Waals surface area contributed by atoms with E-state index >= 15 is 0 Å². The minimum atomic E-state index is -0.581. The second kappa shape index (κ2) is 4.82. The lowest BCUT2D eigenvalue weighted by Crippen LogP contribution is -2.00. The Balaban J connectivity index is 2.40. The van der Waals surface area contributed by atoms with Crippen molar-refractivity contribution in [2.45, 2.75) is 6.92 Å². The summed E-state index contributed by atoms with van der Waals surface area (Å²) in [6, 6.07) is 7.10. The molecule has 2 nitrogen and oxygen atoms in total. The molecule has 0 spiro atoms. The third-order valence-electron chi connectivity index (χ3n) is 2.63. The molecule has 94 valence electrons. The van der Waals surface area contributed by atoms with Crippen LogP contribution in [0.1, 0.15) is 5.56 Å². The predicted molar refractivity (Wildman–Crippen MR) is 70.2 cm³/mol. The first kappa shape index (κ1) is 12.6. The van der Waals surface area contributed by atoms with Crippen LogP contribution in [0, 0.1) is 18.6 Å². The molecule has 0 saturated carbocycles. The summed E-state index contributed by atoms with van der Waals surface area (Å²) in [4.78, 5) is 0. The van der Waals surface area contributed by atoms with Gasteiger partial charge in [-0.05, 0) is 25.1 Å². The number of halogens is 3. The molecule has 18 heavy (non-hydrogen) atoms. The Hall–Kier alpha value is -1.81. The van der Waals surface area contributed by atoms with Crippen molar-refractivity contribution in [3.63, 3.8) is 0 Å². The molecule has 0 amide bonds. The van der Waals surface area contributed by atoms with Gasteiger partial charge in [-0.25, -0.2) is 8.78 Å². The molecule has 0 saturated heterocycles. The zero-order valence-corrected chi connectivity index (χ0v) is 10.4. The van der Waals surface area contributed by atoms with Gasteiger partial charge >= 0.3 is 0 Å². The largest absolute Gasteiger partial charge is 0.397 e. The van der Waals surface area contributed by atoms with Crippen LogP contribution in [-0.2, 0) is 0 Å². The molecule has 0 fully saturated rings.